The third kappa shape index (κ3) is 4.52. The molecule has 0 atom stereocenters. The summed E-state index contributed by atoms with van der Waals surface area (Å²) in [6, 6.07) is 14.0. The maximum absolute atomic E-state index is 12.6. The van der Waals surface area contributed by atoms with Gasteiger partial charge >= 0.3 is 0 Å². The van der Waals surface area contributed by atoms with Crippen molar-refractivity contribution in [2.24, 2.45) is 0 Å². The van der Waals surface area contributed by atoms with Crippen LogP contribution in [0.2, 0.25) is 5.02 Å². The van der Waals surface area contributed by atoms with Gasteiger partial charge in [-0.2, -0.15) is 0 Å². The fourth-order valence-electron chi connectivity index (χ4n) is 2.55. The van der Waals surface area contributed by atoms with Crippen molar-refractivity contribution in [2.75, 3.05) is 16.7 Å². The van der Waals surface area contributed by atoms with E-state index < -0.39 is 10.0 Å². The molecule has 0 unspecified atom stereocenters. The number of para-hydroxylation sites is 1. The van der Waals surface area contributed by atoms with E-state index in [1.165, 1.54) is 6.07 Å². The number of anilines is 2. The Bertz CT molecular complexity index is 1100. The van der Waals surface area contributed by atoms with Gasteiger partial charge in [0, 0.05) is 23.1 Å². The highest BCUT2D eigenvalue weighted by atomic mass is 35.5. The van der Waals surface area contributed by atoms with Crippen LogP contribution in [0, 0.1) is 6.92 Å². The van der Waals surface area contributed by atoms with Crippen molar-refractivity contribution < 1.29 is 13.2 Å². The van der Waals surface area contributed by atoms with Crippen molar-refractivity contribution in [3.05, 3.63) is 70.2 Å². The molecule has 0 saturated heterocycles. The van der Waals surface area contributed by atoms with Gasteiger partial charge in [-0.05, 0) is 36.8 Å². The van der Waals surface area contributed by atoms with Gasteiger partial charge in [-0.25, -0.2) is 13.4 Å². The summed E-state index contributed by atoms with van der Waals surface area (Å²) in [5, 5.41) is 2.24. The third-order valence-electron chi connectivity index (χ3n) is 4.13. The van der Waals surface area contributed by atoms with Crippen LogP contribution < -0.4 is 9.62 Å². The summed E-state index contributed by atoms with van der Waals surface area (Å²) < 4.78 is 27.7. The number of benzene rings is 2. The van der Waals surface area contributed by atoms with Gasteiger partial charge in [0.05, 0.1) is 17.0 Å². The number of amides is 1. The van der Waals surface area contributed by atoms with Crippen LogP contribution in [0.3, 0.4) is 0 Å². The topological polar surface area (TPSA) is 79.4 Å². The molecule has 0 aliphatic heterocycles. The SMILES string of the molecule is Cc1c(Cl)cccc1S(=O)(=O)Nc1nc(CC(=O)N(C)c2ccccc2)cs1. The minimum atomic E-state index is -3.82. The summed E-state index contributed by atoms with van der Waals surface area (Å²) in [6.45, 7) is 1.64. The molecule has 28 heavy (non-hydrogen) atoms. The van der Waals surface area contributed by atoms with Crippen LogP contribution in [-0.2, 0) is 21.2 Å². The lowest BCUT2D eigenvalue weighted by Crippen LogP contribution is -2.27. The molecule has 0 fully saturated rings. The zero-order valence-electron chi connectivity index (χ0n) is 15.2. The molecule has 1 heterocycles. The lowest BCUT2D eigenvalue weighted by molar-refractivity contribution is -0.117. The van der Waals surface area contributed by atoms with E-state index in [0.717, 1.165) is 17.0 Å². The van der Waals surface area contributed by atoms with Crippen LogP contribution in [0.5, 0.6) is 0 Å². The summed E-state index contributed by atoms with van der Waals surface area (Å²) in [7, 11) is -2.13. The van der Waals surface area contributed by atoms with Gasteiger partial charge in [-0.1, -0.05) is 35.9 Å². The van der Waals surface area contributed by atoms with E-state index in [1.807, 2.05) is 30.3 Å². The van der Waals surface area contributed by atoms with Crippen LogP contribution in [0.15, 0.2) is 58.8 Å². The number of carbonyl (C=O) groups is 1. The van der Waals surface area contributed by atoms with Crippen LogP contribution in [0.4, 0.5) is 10.8 Å². The smallest absolute Gasteiger partial charge is 0.263 e. The zero-order chi connectivity index (χ0) is 20.3. The minimum Gasteiger partial charge on any atom is -0.315 e. The van der Waals surface area contributed by atoms with Crippen LogP contribution in [-0.4, -0.2) is 26.4 Å². The van der Waals surface area contributed by atoms with Crippen molar-refractivity contribution in [1.82, 2.24) is 4.98 Å². The van der Waals surface area contributed by atoms with Crippen LogP contribution in [0.25, 0.3) is 0 Å². The predicted molar refractivity (Wildman–Crippen MR) is 113 cm³/mol. The molecule has 0 aliphatic rings. The van der Waals surface area contributed by atoms with Crippen LogP contribution >= 0.6 is 22.9 Å². The molecule has 1 N–H and O–H groups in total. The number of nitrogens with one attached hydrogen (secondary N) is 1. The molecule has 6 nitrogen and oxygen atoms in total. The van der Waals surface area contributed by atoms with E-state index in [1.54, 1.807) is 36.4 Å². The lowest BCUT2D eigenvalue weighted by Gasteiger charge is -2.16. The fourth-order valence-corrected chi connectivity index (χ4v) is 5.01. The number of nitrogens with zero attached hydrogens (tertiary/aromatic N) is 2. The molecule has 0 saturated carbocycles. The first kappa shape index (κ1) is 20.3. The Balaban J connectivity index is 1.72. The standard InChI is InChI=1S/C19H18ClN3O3S2/c1-13-16(20)9-6-10-17(13)28(25,26)22-19-21-14(12-27-19)11-18(24)23(2)15-7-4-3-5-8-15/h3-10,12H,11H2,1-2H3,(H,21,22). The summed E-state index contributed by atoms with van der Waals surface area (Å²) in [6.07, 6.45) is 0.0693. The summed E-state index contributed by atoms with van der Waals surface area (Å²) >= 11 is 7.14. The Kier molecular flexibility index (Phi) is 6.02. The zero-order valence-corrected chi connectivity index (χ0v) is 17.6. The molecule has 0 aliphatic carbocycles. The second-order valence-corrected chi connectivity index (χ2v) is 8.99. The number of hydrogen-bond acceptors (Lipinski definition) is 5. The molecule has 0 bridgehead atoms. The van der Waals surface area contributed by atoms with Crippen molar-refractivity contribution in [1.29, 1.82) is 0 Å². The average Bonchev–Trinajstić information content (AvgIpc) is 3.09. The number of hydrogen-bond donors (Lipinski definition) is 1. The first-order chi connectivity index (χ1) is 13.3. The molecular formula is C19H18ClN3O3S2. The fraction of sp³-hybridized carbons (Fsp3) is 0.158. The molecule has 2 aromatic carbocycles. The number of likely N-dealkylation sites (N-methyl/N-ethyl adjacent to an activating group) is 1. The van der Waals surface area contributed by atoms with Gasteiger partial charge in [0.2, 0.25) is 5.91 Å². The Labute approximate surface area is 172 Å². The van der Waals surface area contributed by atoms with Gasteiger partial charge in [-0.3, -0.25) is 9.52 Å². The molecule has 3 aromatic rings. The molecule has 0 spiro atoms. The molecule has 146 valence electrons. The molecule has 0 radical (unpaired) electrons. The Morgan fingerprint density at radius 2 is 1.89 bits per heavy atom. The number of rotatable bonds is 6. The number of thiazole rings is 1. The summed E-state index contributed by atoms with van der Waals surface area (Å²) in [5.41, 5.74) is 1.74. The Morgan fingerprint density at radius 1 is 1.18 bits per heavy atom. The van der Waals surface area contributed by atoms with E-state index in [4.69, 9.17) is 11.6 Å². The summed E-state index contributed by atoms with van der Waals surface area (Å²) in [4.78, 5) is 18.3. The van der Waals surface area contributed by atoms with Crippen molar-refractivity contribution >= 4 is 49.7 Å². The second-order valence-electron chi connectivity index (χ2n) is 6.08. The normalized spacial score (nSPS) is 11.2. The number of aromatic nitrogens is 1. The van der Waals surface area contributed by atoms with E-state index >= 15 is 0 Å². The van der Waals surface area contributed by atoms with Crippen molar-refractivity contribution in [3.8, 4) is 0 Å². The highest BCUT2D eigenvalue weighted by Crippen LogP contribution is 2.26. The average molecular weight is 436 g/mol. The molecule has 1 amide bonds. The maximum Gasteiger partial charge on any atom is 0.263 e. The predicted octanol–water partition coefficient (Wildman–Crippen LogP) is 4.11. The van der Waals surface area contributed by atoms with E-state index in [0.29, 0.717) is 16.3 Å². The van der Waals surface area contributed by atoms with Gasteiger partial charge in [-0.15, -0.1) is 11.3 Å². The third-order valence-corrected chi connectivity index (χ3v) is 6.96. The van der Waals surface area contributed by atoms with Gasteiger partial charge in [0.1, 0.15) is 0 Å². The first-order valence-electron chi connectivity index (χ1n) is 8.32. The summed E-state index contributed by atoms with van der Waals surface area (Å²) in [5.74, 6) is -0.142. The Hall–Kier alpha value is -2.42. The van der Waals surface area contributed by atoms with E-state index in [2.05, 4.69) is 9.71 Å². The number of halogens is 1. The molecule has 3 rings (SSSR count). The van der Waals surface area contributed by atoms with E-state index in [9.17, 15) is 13.2 Å². The molecule has 9 heteroatoms. The minimum absolute atomic E-state index is 0.0693. The quantitative estimate of drug-likeness (QED) is 0.631. The van der Waals surface area contributed by atoms with E-state index in [-0.39, 0.29) is 22.4 Å². The number of sulfonamides is 1. The van der Waals surface area contributed by atoms with Gasteiger partial charge in [0.25, 0.3) is 10.0 Å². The second kappa shape index (κ2) is 8.30. The molecular weight excluding hydrogens is 418 g/mol. The monoisotopic (exact) mass is 435 g/mol. The lowest BCUT2D eigenvalue weighted by atomic mass is 10.2. The van der Waals surface area contributed by atoms with Gasteiger partial charge in [0.15, 0.2) is 5.13 Å². The van der Waals surface area contributed by atoms with Crippen molar-refractivity contribution in [3.63, 3.8) is 0 Å². The highest BCUT2D eigenvalue weighted by molar-refractivity contribution is 7.93. The van der Waals surface area contributed by atoms with Gasteiger partial charge < -0.3 is 4.90 Å². The first-order valence-corrected chi connectivity index (χ1v) is 11.1. The Morgan fingerprint density at radius 3 is 2.61 bits per heavy atom. The maximum atomic E-state index is 12.6. The van der Waals surface area contributed by atoms with Crippen molar-refractivity contribution in [2.45, 2.75) is 18.2 Å². The number of carbonyl (C=O) groups excluding carboxylic acids is 1. The van der Waals surface area contributed by atoms with Crippen LogP contribution in [0.1, 0.15) is 11.3 Å². The molecule has 1 aromatic heterocycles. The highest BCUT2D eigenvalue weighted by Gasteiger charge is 2.20. The largest absolute Gasteiger partial charge is 0.315 e.